The second-order valence-corrected chi connectivity index (χ2v) is 12.6. The second kappa shape index (κ2) is 15.0. The first-order valence-corrected chi connectivity index (χ1v) is 15.2. The fourth-order valence-electron chi connectivity index (χ4n) is 6.57. The van der Waals surface area contributed by atoms with E-state index in [0.717, 1.165) is 38.5 Å². The predicted molar refractivity (Wildman–Crippen MR) is 153 cm³/mol. The van der Waals surface area contributed by atoms with Gasteiger partial charge in [0.15, 0.2) is 0 Å². The van der Waals surface area contributed by atoms with Crippen LogP contribution >= 0.6 is 0 Å². The predicted octanol–water partition coefficient (Wildman–Crippen LogP) is 0.181. The lowest BCUT2D eigenvalue weighted by Crippen LogP contribution is -2.55. The van der Waals surface area contributed by atoms with Gasteiger partial charge in [-0.05, 0) is 61.5 Å². The Morgan fingerprint density at radius 3 is 2.33 bits per heavy atom. The molecule has 242 valence electrons. The van der Waals surface area contributed by atoms with Gasteiger partial charge in [-0.2, -0.15) is 0 Å². The van der Waals surface area contributed by atoms with Gasteiger partial charge in [0.2, 0.25) is 5.91 Å². The zero-order chi connectivity index (χ0) is 31.1. The zero-order valence-corrected chi connectivity index (χ0v) is 24.5. The normalized spacial score (nSPS) is 21.5. The molecule has 0 radical (unpaired) electrons. The molecule has 0 bridgehead atoms. The van der Waals surface area contributed by atoms with Crippen LogP contribution in [0.2, 0.25) is 0 Å². The first kappa shape index (κ1) is 33.3. The molecule has 2 saturated heterocycles. The molecule has 1 saturated carbocycles. The minimum absolute atomic E-state index is 0.0448. The minimum atomic E-state index is -1.68. The minimum Gasteiger partial charge on any atom is -0.493 e. The summed E-state index contributed by atoms with van der Waals surface area (Å²) in [5.41, 5.74) is 0.613. The average molecular weight is 612 g/mol. The summed E-state index contributed by atoms with van der Waals surface area (Å²) in [7, 11) is 0. The van der Waals surface area contributed by atoms with Crippen molar-refractivity contribution in [2.45, 2.75) is 69.4 Å². The zero-order valence-electron chi connectivity index (χ0n) is 24.5. The molecule has 2 amide bonds. The van der Waals surface area contributed by atoms with Gasteiger partial charge < -0.3 is 50.5 Å². The standard InChI is InChI=1S/C30H46FN3O9/c31-23-11-22(43-9-1-2-19-12-30(13-19)5-7-33(8-6-30)29(41)42)4-3-21(23)10-26(38)34-16-20(17-34)14-32-15-24(36)27(39)28(40)25(37)18-35/h3-4,11,19-20,24-25,27-28,32,35-37,39-40H,1-2,5-10,12-18H2,(H,41,42)/t24-,25+,27+,28+/m0/s1. The van der Waals surface area contributed by atoms with Gasteiger partial charge in [-0.3, -0.25) is 4.79 Å². The monoisotopic (exact) mass is 611 g/mol. The van der Waals surface area contributed by atoms with Crippen molar-refractivity contribution < 1.29 is 49.4 Å². The number of nitrogens with zero attached hydrogens (tertiary/aromatic N) is 2. The largest absolute Gasteiger partial charge is 0.493 e. The number of rotatable bonds is 15. The average Bonchev–Trinajstić information content (AvgIpc) is 2.95. The van der Waals surface area contributed by atoms with E-state index in [1.54, 1.807) is 17.0 Å². The van der Waals surface area contributed by atoms with Crippen LogP contribution in [0.25, 0.3) is 0 Å². The van der Waals surface area contributed by atoms with Crippen molar-refractivity contribution >= 4 is 12.0 Å². The van der Waals surface area contributed by atoms with Crippen LogP contribution in [0, 0.1) is 23.1 Å². The summed E-state index contributed by atoms with van der Waals surface area (Å²) in [6.45, 7) is 2.36. The summed E-state index contributed by atoms with van der Waals surface area (Å²) in [6, 6.07) is 4.57. The summed E-state index contributed by atoms with van der Waals surface area (Å²) >= 11 is 0. The SMILES string of the molecule is O=C(O)N1CCC2(CC1)CC(CCCOc1ccc(CC(=O)N3CC(CNC[C@H](O)[C@@H](O)[C@H](O)[C@H](O)CO)C3)c(F)c1)C2. The van der Waals surface area contributed by atoms with Crippen molar-refractivity contribution in [3.8, 4) is 5.75 Å². The van der Waals surface area contributed by atoms with Crippen LogP contribution < -0.4 is 10.1 Å². The number of aliphatic hydroxyl groups excluding tert-OH is 5. The molecule has 3 aliphatic rings. The molecule has 12 nitrogen and oxygen atoms in total. The lowest BCUT2D eigenvalue weighted by molar-refractivity contribution is -0.136. The molecule has 4 atom stereocenters. The number of carboxylic acid groups (broad SMARTS) is 1. The first-order valence-electron chi connectivity index (χ1n) is 15.2. The molecule has 1 aromatic rings. The van der Waals surface area contributed by atoms with Crippen LogP contribution in [-0.4, -0.2) is 129 Å². The van der Waals surface area contributed by atoms with E-state index < -0.39 is 42.9 Å². The second-order valence-electron chi connectivity index (χ2n) is 12.6. The van der Waals surface area contributed by atoms with E-state index in [2.05, 4.69) is 5.32 Å². The van der Waals surface area contributed by atoms with Crippen LogP contribution in [0.5, 0.6) is 5.75 Å². The number of benzene rings is 1. The van der Waals surface area contributed by atoms with Gasteiger partial charge in [-0.1, -0.05) is 6.07 Å². The number of carbonyl (C=O) groups is 2. The highest BCUT2D eigenvalue weighted by molar-refractivity contribution is 5.79. The third kappa shape index (κ3) is 8.77. The van der Waals surface area contributed by atoms with E-state index in [0.29, 0.717) is 62.0 Å². The quantitative estimate of drug-likeness (QED) is 0.135. The molecule has 1 aliphatic carbocycles. The highest BCUT2D eigenvalue weighted by atomic mass is 19.1. The molecule has 7 N–H and O–H groups in total. The summed E-state index contributed by atoms with van der Waals surface area (Å²) in [5, 5.41) is 59.8. The van der Waals surface area contributed by atoms with Crippen LogP contribution in [0.4, 0.5) is 9.18 Å². The molecular formula is C30H46FN3O9. The number of aliphatic hydroxyl groups is 5. The lowest BCUT2D eigenvalue weighted by atomic mass is 9.56. The molecule has 13 heteroatoms. The van der Waals surface area contributed by atoms with E-state index in [4.69, 9.17) is 14.9 Å². The number of ether oxygens (including phenoxy) is 1. The molecule has 2 aliphatic heterocycles. The van der Waals surface area contributed by atoms with Crippen molar-refractivity contribution in [3.63, 3.8) is 0 Å². The number of hydrogen-bond donors (Lipinski definition) is 7. The Hall–Kier alpha value is -2.55. The van der Waals surface area contributed by atoms with Crippen molar-refractivity contribution in [1.29, 1.82) is 0 Å². The highest BCUT2D eigenvalue weighted by Gasteiger charge is 2.45. The molecular weight excluding hydrogens is 565 g/mol. The molecule has 0 aromatic heterocycles. The van der Waals surface area contributed by atoms with Crippen molar-refractivity contribution in [2.24, 2.45) is 17.3 Å². The van der Waals surface area contributed by atoms with Gasteiger partial charge in [-0.25, -0.2) is 9.18 Å². The fraction of sp³-hybridized carbons (Fsp3) is 0.733. The Labute approximate surface area is 251 Å². The van der Waals surface area contributed by atoms with Gasteiger partial charge in [0.05, 0.1) is 25.7 Å². The summed E-state index contributed by atoms with van der Waals surface area (Å²) in [4.78, 5) is 26.9. The molecule has 43 heavy (non-hydrogen) atoms. The Bertz CT molecular complexity index is 1070. The van der Waals surface area contributed by atoms with Gasteiger partial charge in [-0.15, -0.1) is 0 Å². The van der Waals surface area contributed by atoms with Crippen LogP contribution in [-0.2, 0) is 11.2 Å². The Morgan fingerprint density at radius 2 is 1.70 bits per heavy atom. The van der Waals surface area contributed by atoms with Gasteiger partial charge in [0.25, 0.3) is 0 Å². The summed E-state index contributed by atoms with van der Waals surface area (Å²) in [5.74, 6) is 0.511. The van der Waals surface area contributed by atoms with Gasteiger partial charge in [0, 0.05) is 51.3 Å². The van der Waals surface area contributed by atoms with E-state index in [-0.39, 0.29) is 24.8 Å². The Kier molecular flexibility index (Phi) is 11.6. The Morgan fingerprint density at radius 1 is 1.02 bits per heavy atom. The molecule has 4 rings (SSSR count). The van der Waals surface area contributed by atoms with Gasteiger partial charge >= 0.3 is 6.09 Å². The third-order valence-corrected chi connectivity index (χ3v) is 9.35. The Balaban J connectivity index is 1.07. The molecule has 3 fully saturated rings. The van der Waals surface area contributed by atoms with Crippen molar-refractivity contribution in [1.82, 2.24) is 15.1 Å². The number of nitrogens with one attached hydrogen (secondary N) is 1. The summed E-state index contributed by atoms with van der Waals surface area (Å²) < 4.78 is 20.4. The number of likely N-dealkylation sites (tertiary alicyclic amines) is 2. The van der Waals surface area contributed by atoms with Crippen molar-refractivity contribution in [3.05, 3.63) is 29.6 Å². The first-order chi connectivity index (χ1) is 20.5. The summed E-state index contributed by atoms with van der Waals surface area (Å²) in [6.07, 6.45) is -1.03. The maximum absolute atomic E-state index is 14.7. The third-order valence-electron chi connectivity index (χ3n) is 9.35. The number of piperidine rings is 1. The number of halogens is 1. The van der Waals surface area contributed by atoms with E-state index in [9.17, 15) is 34.4 Å². The number of hydrogen-bond acceptors (Lipinski definition) is 9. The van der Waals surface area contributed by atoms with Crippen LogP contribution in [0.15, 0.2) is 18.2 Å². The molecule has 2 heterocycles. The highest BCUT2D eigenvalue weighted by Crippen LogP contribution is 2.53. The van der Waals surface area contributed by atoms with E-state index in [1.165, 1.54) is 11.0 Å². The van der Waals surface area contributed by atoms with Crippen LogP contribution in [0.3, 0.4) is 0 Å². The van der Waals surface area contributed by atoms with Crippen LogP contribution in [0.1, 0.15) is 44.1 Å². The van der Waals surface area contributed by atoms with Crippen molar-refractivity contribution in [2.75, 3.05) is 52.5 Å². The molecule has 1 aromatic carbocycles. The topological polar surface area (TPSA) is 183 Å². The molecule has 0 unspecified atom stereocenters. The number of amides is 2. The molecule has 1 spiro atoms. The van der Waals surface area contributed by atoms with Gasteiger partial charge in [0.1, 0.15) is 29.9 Å². The smallest absolute Gasteiger partial charge is 0.407 e. The maximum atomic E-state index is 14.7. The maximum Gasteiger partial charge on any atom is 0.407 e. The fourth-order valence-corrected chi connectivity index (χ4v) is 6.57. The number of carbonyl (C=O) groups excluding carboxylic acids is 1. The lowest BCUT2D eigenvalue weighted by Gasteiger charge is -2.52. The van der Waals surface area contributed by atoms with E-state index >= 15 is 0 Å². The van der Waals surface area contributed by atoms with E-state index in [1.807, 2.05) is 0 Å².